The number of carbonyl (C=O) groups excluding carboxylic acids is 1. The first-order valence-electron chi connectivity index (χ1n) is 8.13. The molecule has 0 unspecified atom stereocenters. The molecule has 1 aliphatic rings. The van der Waals surface area contributed by atoms with Gasteiger partial charge in [0.15, 0.2) is 0 Å². The van der Waals surface area contributed by atoms with E-state index in [0.29, 0.717) is 25.1 Å². The van der Waals surface area contributed by atoms with Crippen molar-refractivity contribution < 1.29 is 4.79 Å². The molecule has 2 aromatic heterocycles. The quantitative estimate of drug-likeness (QED) is 0.784. The monoisotopic (exact) mass is 334 g/mol. The number of aromatic nitrogens is 4. The third kappa shape index (κ3) is 3.21. The molecular formula is C18H18N6O. The average molecular weight is 334 g/mol. The number of benzene rings is 1. The summed E-state index contributed by atoms with van der Waals surface area (Å²) in [7, 11) is 0. The second-order valence-corrected chi connectivity index (χ2v) is 6.11. The van der Waals surface area contributed by atoms with Gasteiger partial charge >= 0.3 is 0 Å². The molecule has 0 atom stereocenters. The highest BCUT2D eigenvalue weighted by atomic mass is 16.2. The Hall–Kier alpha value is -3.22. The Morgan fingerprint density at radius 3 is 2.84 bits per heavy atom. The number of fused-ring (bicyclic) bond motifs is 1. The van der Waals surface area contributed by atoms with Crippen LogP contribution in [-0.2, 0) is 19.5 Å². The van der Waals surface area contributed by atoms with E-state index in [1.54, 1.807) is 18.7 Å². The molecule has 0 radical (unpaired) electrons. The zero-order valence-electron chi connectivity index (χ0n) is 13.7. The van der Waals surface area contributed by atoms with Crippen LogP contribution in [0.2, 0.25) is 0 Å². The van der Waals surface area contributed by atoms with Crippen molar-refractivity contribution >= 4 is 11.9 Å². The number of hydrogen-bond donors (Lipinski definition) is 1. The standard InChI is InChI=1S/C18H18N6O/c19-18-21-9-15-11-24(7-5-16(15)22-18)17(25)14-3-1-13(2-4-14)10-23-8-6-20-12-23/h1-4,6,8-9,12H,5,7,10-11H2,(H2,19,21,22). The lowest BCUT2D eigenvalue weighted by atomic mass is 10.1. The molecule has 0 bridgehead atoms. The van der Waals surface area contributed by atoms with Gasteiger partial charge in [0, 0.05) is 55.8 Å². The number of imidazole rings is 1. The number of nitrogens with zero attached hydrogens (tertiary/aromatic N) is 5. The normalized spacial score (nSPS) is 13.5. The van der Waals surface area contributed by atoms with Crippen molar-refractivity contribution in [2.75, 3.05) is 12.3 Å². The lowest BCUT2D eigenvalue weighted by molar-refractivity contribution is 0.0733. The maximum atomic E-state index is 12.7. The summed E-state index contributed by atoms with van der Waals surface area (Å²) in [5.74, 6) is 0.309. The molecule has 1 aliphatic heterocycles. The summed E-state index contributed by atoms with van der Waals surface area (Å²) in [6, 6.07) is 7.72. The fourth-order valence-electron chi connectivity index (χ4n) is 3.03. The van der Waals surface area contributed by atoms with Crippen LogP contribution in [-0.4, -0.2) is 36.9 Å². The van der Waals surface area contributed by atoms with Gasteiger partial charge in [-0.05, 0) is 17.7 Å². The molecule has 2 N–H and O–H groups in total. The first-order chi connectivity index (χ1) is 12.2. The smallest absolute Gasteiger partial charge is 0.254 e. The number of anilines is 1. The second kappa shape index (κ2) is 6.35. The number of carbonyl (C=O) groups is 1. The largest absolute Gasteiger partial charge is 0.368 e. The van der Waals surface area contributed by atoms with E-state index >= 15 is 0 Å². The fourth-order valence-corrected chi connectivity index (χ4v) is 3.03. The molecule has 25 heavy (non-hydrogen) atoms. The van der Waals surface area contributed by atoms with Crippen molar-refractivity contribution in [3.63, 3.8) is 0 Å². The molecule has 7 nitrogen and oxygen atoms in total. The second-order valence-electron chi connectivity index (χ2n) is 6.11. The molecule has 4 rings (SSSR count). The van der Waals surface area contributed by atoms with E-state index in [-0.39, 0.29) is 11.9 Å². The molecule has 0 spiro atoms. The van der Waals surface area contributed by atoms with Gasteiger partial charge in [-0.3, -0.25) is 4.79 Å². The number of hydrogen-bond acceptors (Lipinski definition) is 5. The Morgan fingerprint density at radius 2 is 2.08 bits per heavy atom. The van der Waals surface area contributed by atoms with Crippen LogP contribution >= 0.6 is 0 Å². The number of nitrogens with two attached hydrogens (primary N) is 1. The lowest BCUT2D eigenvalue weighted by Crippen LogP contribution is -2.36. The predicted octanol–water partition coefficient (Wildman–Crippen LogP) is 1.50. The summed E-state index contributed by atoms with van der Waals surface area (Å²) in [5, 5.41) is 0. The topological polar surface area (TPSA) is 89.9 Å². The lowest BCUT2D eigenvalue weighted by Gasteiger charge is -2.28. The fraction of sp³-hybridized carbons (Fsp3) is 0.222. The molecule has 0 saturated carbocycles. The van der Waals surface area contributed by atoms with E-state index in [9.17, 15) is 4.79 Å². The Morgan fingerprint density at radius 1 is 1.24 bits per heavy atom. The maximum absolute atomic E-state index is 12.7. The third-order valence-corrected chi connectivity index (χ3v) is 4.37. The summed E-state index contributed by atoms with van der Waals surface area (Å²) in [6.45, 7) is 1.90. The molecular weight excluding hydrogens is 316 g/mol. The van der Waals surface area contributed by atoms with Gasteiger partial charge in [-0.25, -0.2) is 15.0 Å². The van der Waals surface area contributed by atoms with E-state index < -0.39 is 0 Å². The van der Waals surface area contributed by atoms with Crippen LogP contribution in [0, 0.1) is 0 Å². The van der Waals surface area contributed by atoms with Gasteiger partial charge in [0.05, 0.1) is 12.0 Å². The van der Waals surface area contributed by atoms with E-state index in [1.165, 1.54) is 0 Å². The van der Waals surface area contributed by atoms with E-state index in [2.05, 4.69) is 15.0 Å². The molecule has 0 fully saturated rings. The predicted molar refractivity (Wildman–Crippen MR) is 92.7 cm³/mol. The van der Waals surface area contributed by atoms with Gasteiger partial charge < -0.3 is 15.2 Å². The first kappa shape index (κ1) is 15.3. The van der Waals surface area contributed by atoms with Crippen LogP contribution in [0.25, 0.3) is 0 Å². The van der Waals surface area contributed by atoms with Crippen molar-refractivity contribution in [3.8, 4) is 0 Å². The number of nitrogen functional groups attached to an aromatic ring is 1. The Bertz CT molecular complexity index is 888. The molecule has 1 aromatic carbocycles. The van der Waals surface area contributed by atoms with Crippen LogP contribution < -0.4 is 5.73 Å². The van der Waals surface area contributed by atoms with E-state index in [1.807, 2.05) is 39.9 Å². The zero-order valence-corrected chi connectivity index (χ0v) is 13.7. The first-order valence-corrected chi connectivity index (χ1v) is 8.13. The molecule has 0 aliphatic carbocycles. The van der Waals surface area contributed by atoms with E-state index in [0.717, 1.165) is 23.4 Å². The van der Waals surface area contributed by atoms with Crippen molar-refractivity contribution in [2.45, 2.75) is 19.5 Å². The minimum Gasteiger partial charge on any atom is -0.368 e. The third-order valence-electron chi connectivity index (χ3n) is 4.37. The molecule has 126 valence electrons. The van der Waals surface area contributed by atoms with E-state index in [4.69, 9.17) is 5.73 Å². The number of amides is 1. The van der Waals surface area contributed by atoms with Gasteiger partial charge in [0.25, 0.3) is 5.91 Å². The summed E-state index contributed by atoms with van der Waals surface area (Å²) in [5.41, 5.74) is 9.34. The highest BCUT2D eigenvalue weighted by Crippen LogP contribution is 2.19. The van der Waals surface area contributed by atoms with Crippen molar-refractivity contribution in [3.05, 3.63) is 71.6 Å². The van der Waals surface area contributed by atoms with Crippen molar-refractivity contribution in [2.24, 2.45) is 0 Å². The SMILES string of the molecule is Nc1ncc2c(n1)CCN(C(=O)c1ccc(Cn3ccnc3)cc1)C2. The zero-order chi connectivity index (χ0) is 17.2. The molecule has 7 heteroatoms. The van der Waals surface area contributed by atoms with Crippen LogP contribution in [0.4, 0.5) is 5.95 Å². The highest BCUT2D eigenvalue weighted by molar-refractivity contribution is 5.94. The number of rotatable bonds is 3. The van der Waals surface area contributed by atoms with Crippen molar-refractivity contribution in [1.82, 2.24) is 24.4 Å². The van der Waals surface area contributed by atoms with Crippen LogP contribution in [0.15, 0.2) is 49.2 Å². The summed E-state index contributed by atoms with van der Waals surface area (Å²) >= 11 is 0. The highest BCUT2D eigenvalue weighted by Gasteiger charge is 2.23. The Labute approximate surface area is 145 Å². The maximum Gasteiger partial charge on any atom is 0.254 e. The van der Waals surface area contributed by atoms with Gasteiger partial charge in [-0.2, -0.15) is 0 Å². The minimum absolute atomic E-state index is 0.0247. The average Bonchev–Trinajstić information content (AvgIpc) is 3.14. The van der Waals surface area contributed by atoms with Crippen LogP contribution in [0.1, 0.15) is 27.2 Å². The summed E-state index contributed by atoms with van der Waals surface area (Å²) in [4.78, 5) is 26.9. The molecule has 1 amide bonds. The van der Waals surface area contributed by atoms with Gasteiger partial charge in [-0.1, -0.05) is 12.1 Å². The minimum atomic E-state index is 0.0247. The van der Waals surface area contributed by atoms with Crippen LogP contribution in [0.5, 0.6) is 0 Å². The summed E-state index contributed by atoms with van der Waals surface area (Å²) in [6.07, 6.45) is 7.86. The van der Waals surface area contributed by atoms with Gasteiger partial charge in [0.1, 0.15) is 0 Å². The van der Waals surface area contributed by atoms with Gasteiger partial charge in [0.2, 0.25) is 5.95 Å². The molecule has 0 saturated heterocycles. The Balaban J connectivity index is 1.47. The Kier molecular flexibility index (Phi) is 3.89. The molecule has 3 heterocycles. The van der Waals surface area contributed by atoms with Crippen molar-refractivity contribution in [1.29, 1.82) is 0 Å². The summed E-state index contributed by atoms with van der Waals surface area (Å²) < 4.78 is 1.99. The van der Waals surface area contributed by atoms with Crippen LogP contribution in [0.3, 0.4) is 0 Å². The molecule has 3 aromatic rings. The van der Waals surface area contributed by atoms with Gasteiger partial charge in [-0.15, -0.1) is 0 Å².